The van der Waals surface area contributed by atoms with Crippen molar-refractivity contribution < 1.29 is 0 Å². The first-order valence-electron chi connectivity index (χ1n) is 8.02. The molecule has 102 valence electrons. The Morgan fingerprint density at radius 1 is 0.647 bits per heavy atom. The number of unbranched alkanes of at least 4 members (excludes halogenated alkanes) is 14. The fourth-order valence-electron chi connectivity index (χ4n) is 2.27. The highest BCUT2D eigenvalue weighted by atomic mass is 14.0. The van der Waals surface area contributed by atoms with E-state index in [0.29, 0.717) is 0 Å². The van der Waals surface area contributed by atoms with Crippen molar-refractivity contribution in [3.8, 4) is 0 Å². The van der Waals surface area contributed by atoms with Crippen LogP contribution in [0.25, 0.3) is 0 Å². The first kappa shape index (κ1) is 17.0. The van der Waals surface area contributed by atoms with E-state index in [-0.39, 0.29) is 0 Å². The minimum absolute atomic E-state index is 0.998. The molecular weight excluding hydrogens is 204 g/mol. The molecule has 0 fully saturated rings. The van der Waals surface area contributed by atoms with E-state index in [1.54, 1.807) is 0 Å². The number of hydrogen-bond donors (Lipinski definition) is 0. The van der Waals surface area contributed by atoms with Crippen molar-refractivity contribution in [3.63, 3.8) is 0 Å². The van der Waals surface area contributed by atoms with Crippen LogP contribution in [0.15, 0.2) is 0 Å². The Morgan fingerprint density at radius 2 is 1.06 bits per heavy atom. The molecule has 0 rings (SSSR count). The minimum Gasteiger partial charge on any atom is -0.0654 e. The molecule has 0 heteroatoms. The van der Waals surface area contributed by atoms with Gasteiger partial charge in [-0.2, -0.15) is 0 Å². The highest BCUT2D eigenvalue weighted by Crippen LogP contribution is 2.12. The molecule has 17 heavy (non-hydrogen) atoms. The third-order valence-corrected chi connectivity index (χ3v) is 3.47. The second-order valence-electron chi connectivity index (χ2n) is 5.26. The minimum atomic E-state index is 0.998. The average molecular weight is 238 g/mol. The van der Waals surface area contributed by atoms with Crippen molar-refractivity contribution in [1.29, 1.82) is 0 Å². The summed E-state index contributed by atoms with van der Waals surface area (Å²) in [5.74, 6) is 0. The molecule has 0 heterocycles. The van der Waals surface area contributed by atoms with Gasteiger partial charge in [-0.3, -0.25) is 0 Å². The van der Waals surface area contributed by atoms with Gasteiger partial charge in [0.2, 0.25) is 0 Å². The van der Waals surface area contributed by atoms with E-state index in [1.807, 2.05) is 0 Å². The summed E-state index contributed by atoms with van der Waals surface area (Å²) in [7, 11) is 0. The van der Waals surface area contributed by atoms with Crippen molar-refractivity contribution in [2.24, 2.45) is 0 Å². The molecule has 0 aromatic carbocycles. The predicted octanol–water partition coefficient (Wildman–Crippen LogP) is 6.51. The highest BCUT2D eigenvalue weighted by Gasteiger charge is 1.93. The molecule has 0 amide bonds. The number of rotatable bonds is 14. The Kier molecular flexibility index (Phi) is 16.0. The van der Waals surface area contributed by atoms with Crippen LogP contribution in [-0.4, -0.2) is 0 Å². The van der Waals surface area contributed by atoms with Crippen molar-refractivity contribution in [3.05, 3.63) is 13.3 Å². The monoisotopic (exact) mass is 238 g/mol. The maximum atomic E-state index is 3.82. The Hall–Kier alpha value is 0. The molecule has 0 N–H and O–H groups in total. The van der Waals surface area contributed by atoms with Gasteiger partial charge in [-0.1, -0.05) is 104 Å². The highest BCUT2D eigenvalue weighted by molar-refractivity contribution is 4.64. The van der Waals surface area contributed by atoms with Gasteiger partial charge in [0.15, 0.2) is 0 Å². The average Bonchev–Trinajstić information content (AvgIpc) is 2.35. The van der Waals surface area contributed by atoms with Crippen molar-refractivity contribution in [1.82, 2.24) is 0 Å². The van der Waals surface area contributed by atoms with Crippen LogP contribution in [0.1, 0.15) is 96.8 Å². The first-order valence-corrected chi connectivity index (χ1v) is 8.02. The fraction of sp³-hybridized carbons (Fsp3) is 0.882. The summed E-state index contributed by atoms with van der Waals surface area (Å²) < 4.78 is 0. The van der Waals surface area contributed by atoms with E-state index in [1.165, 1.54) is 83.5 Å². The maximum Gasteiger partial charge on any atom is -0.0386 e. The lowest BCUT2D eigenvalue weighted by Gasteiger charge is -2.02. The van der Waals surface area contributed by atoms with E-state index < -0.39 is 0 Å². The summed E-state index contributed by atoms with van der Waals surface area (Å²) in [6.07, 6.45) is 21.9. The van der Waals surface area contributed by atoms with E-state index in [0.717, 1.165) is 6.42 Å². The number of hydrogen-bond acceptors (Lipinski definition) is 0. The van der Waals surface area contributed by atoms with Gasteiger partial charge in [0, 0.05) is 0 Å². The quantitative estimate of drug-likeness (QED) is 0.303. The summed E-state index contributed by atoms with van der Waals surface area (Å²) in [4.78, 5) is 0. The largest absolute Gasteiger partial charge is 0.0654 e. The van der Waals surface area contributed by atoms with E-state index in [9.17, 15) is 0 Å². The topological polar surface area (TPSA) is 0 Å². The SMILES string of the molecule is [CH2]C[CH]CCCCCCCCCCCCCC. The Balaban J connectivity index is 2.85. The molecule has 0 aliphatic heterocycles. The van der Waals surface area contributed by atoms with Crippen LogP contribution in [0.3, 0.4) is 0 Å². The summed E-state index contributed by atoms with van der Waals surface area (Å²) in [6, 6.07) is 0. The van der Waals surface area contributed by atoms with Crippen LogP contribution < -0.4 is 0 Å². The summed E-state index contributed by atoms with van der Waals surface area (Å²) >= 11 is 0. The molecular formula is C17H34. The molecule has 0 atom stereocenters. The summed E-state index contributed by atoms with van der Waals surface area (Å²) in [6.45, 7) is 6.11. The maximum absolute atomic E-state index is 3.82. The molecule has 0 bridgehead atoms. The molecule has 0 aromatic heterocycles. The standard InChI is InChI=1S/C17H34/c1-3-5-7-9-11-13-15-17-16-14-12-10-8-6-4-2/h5H,1,3-4,6-17H2,2H3. The molecule has 0 aliphatic carbocycles. The van der Waals surface area contributed by atoms with E-state index in [2.05, 4.69) is 20.3 Å². The van der Waals surface area contributed by atoms with Gasteiger partial charge in [-0.15, -0.1) is 0 Å². The van der Waals surface area contributed by atoms with Gasteiger partial charge in [0.05, 0.1) is 0 Å². The van der Waals surface area contributed by atoms with Gasteiger partial charge >= 0.3 is 0 Å². The van der Waals surface area contributed by atoms with Crippen LogP contribution in [0, 0.1) is 13.3 Å². The zero-order chi connectivity index (χ0) is 12.6. The van der Waals surface area contributed by atoms with E-state index >= 15 is 0 Å². The second kappa shape index (κ2) is 16.0. The fourth-order valence-corrected chi connectivity index (χ4v) is 2.27. The molecule has 0 spiro atoms. The molecule has 0 saturated heterocycles. The Morgan fingerprint density at radius 3 is 1.47 bits per heavy atom. The van der Waals surface area contributed by atoms with E-state index in [4.69, 9.17) is 0 Å². The zero-order valence-electron chi connectivity index (χ0n) is 12.2. The van der Waals surface area contributed by atoms with Crippen LogP contribution in [0.4, 0.5) is 0 Å². The van der Waals surface area contributed by atoms with Crippen molar-refractivity contribution in [2.45, 2.75) is 96.8 Å². The van der Waals surface area contributed by atoms with Gasteiger partial charge in [0.1, 0.15) is 0 Å². The molecule has 0 saturated carbocycles. The summed E-state index contributed by atoms with van der Waals surface area (Å²) in [5, 5.41) is 0. The summed E-state index contributed by atoms with van der Waals surface area (Å²) in [5.41, 5.74) is 0. The van der Waals surface area contributed by atoms with Crippen molar-refractivity contribution in [2.75, 3.05) is 0 Å². The van der Waals surface area contributed by atoms with Crippen LogP contribution in [0.2, 0.25) is 0 Å². The first-order chi connectivity index (χ1) is 8.41. The van der Waals surface area contributed by atoms with Crippen molar-refractivity contribution >= 4 is 0 Å². The normalized spacial score (nSPS) is 10.9. The smallest absolute Gasteiger partial charge is 0.0386 e. The van der Waals surface area contributed by atoms with Crippen LogP contribution >= 0.6 is 0 Å². The molecule has 0 nitrogen and oxygen atoms in total. The Labute approximate surface area is 111 Å². The van der Waals surface area contributed by atoms with Gasteiger partial charge in [-0.25, -0.2) is 0 Å². The molecule has 2 radical (unpaired) electrons. The molecule has 0 aliphatic rings. The lowest BCUT2D eigenvalue weighted by atomic mass is 10.0. The predicted molar refractivity (Wildman–Crippen MR) is 80.0 cm³/mol. The lowest BCUT2D eigenvalue weighted by Crippen LogP contribution is -1.83. The zero-order valence-corrected chi connectivity index (χ0v) is 12.2. The van der Waals surface area contributed by atoms with Crippen LogP contribution in [-0.2, 0) is 0 Å². The Bertz CT molecular complexity index is 103. The second-order valence-corrected chi connectivity index (χ2v) is 5.26. The van der Waals surface area contributed by atoms with Crippen LogP contribution in [0.5, 0.6) is 0 Å². The lowest BCUT2D eigenvalue weighted by molar-refractivity contribution is 0.543. The van der Waals surface area contributed by atoms with Gasteiger partial charge in [-0.05, 0) is 6.42 Å². The molecule has 0 unspecified atom stereocenters. The molecule has 0 aromatic rings. The van der Waals surface area contributed by atoms with Gasteiger partial charge < -0.3 is 0 Å². The third-order valence-electron chi connectivity index (χ3n) is 3.47. The van der Waals surface area contributed by atoms with Gasteiger partial charge in [0.25, 0.3) is 0 Å². The third kappa shape index (κ3) is 16.0.